The van der Waals surface area contributed by atoms with E-state index in [0.29, 0.717) is 131 Å². The first-order valence-electron chi connectivity index (χ1n) is 18.4. The van der Waals surface area contributed by atoms with Crippen LogP contribution in [0.2, 0.25) is 0 Å². The first-order chi connectivity index (χ1) is 26.8. The molecule has 0 aliphatic carbocycles. The van der Waals surface area contributed by atoms with Gasteiger partial charge in [-0.15, -0.1) is 0 Å². The molecule has 0 saturated carbocycles. The van der Waals surface area contributed by atoms with Crippen molar-refractivity contribution < 1.29 is 88.3 Å². The Bertz CT molecular complexity index is 1050. The van der Waals surface area contributed by atoms with Crippen molar-refractivity contribution in [1.82, 2.24) is 0 Å². The molecule has 0 radical (unpaired) electrons. The van der Waals surface area contributed by atoms with Crippen LogP contribution in [0.1, 0.15) is 26.7 Å². The van der Waals surface area contributed by atoms with Crippen LogP contribution >= 0.6 is 0 Å². The van der Waals surface area contributed by atoms with Crippen LogP contribution < -0.4 is 4.74 Å². The number of ether oxygens (including phenoxy) is 13. The van der Waals surface area contributed by atoms with Gasteiger partial charge in [0.2, 0.25) is 34.8 Å². The fourth-order valence-corrected chi connectivity index (χ4v) is 3.82. The van der Waals surface area contributed by atoms with Gasteiger partial charge in [0.05, 0.1) is 158 Å². The van der Waals surface area contributed by atoms with Crippen LogP contribution in [0.25, 0.3) is 0 Å². The Kier molecular flexibility index (Phi) is 33.5. The molecule has 1 atom stereocenters. The van der Waals surface area contributed by atoms with Crippen molar-refractivity contribution in [3.05, 3.63) is 29.1 Å². The maximum Gasteiger partial charge on any atom is 0.313 e. The highest BCUT2D eigenvalue weighted by Crippen LogP contribution is 2.29. The molecule has 0 bridgehead atoms. The molecular formula is C36H59F5O14. The second-order valence-electron chi connectivity index (χ2n) is 11.4. The van der Waals surface area contributed by atoms with Crippen molar-refractivity contribution in [2.75, 3.05) is 159 Å². The minimum atomic E-state index is -2.35. The molecule has 0 amide bonds. The van der Waals surface area contributed by atoms with Crippen LogP contribution in [0.15, 0.2) is 0 Å². The highest BCUT2D eigenvalue weighted by atomic mass is 19.2. The van der Waals surface area contributed by atoms with Crippen LogP contribution in [0.4, 0.5) is 22.0 Å². The molecule has 55 heavy (non-hydrogen) atoms. The first kappa shape index (κ1) is 50.9. The number of halogens is 5. The molecule has 19 heteroatoms. The Balaban J connectivity index is 1.71. The minimum Gasteiger partial charge on any atom is -0.420 e. The van der Waals surface area contributed by atoms with Crippen molar-refractivity contribution in [2.24, 2.45) is 5.92 Å². The van der Waals surface area contributed by atoms with E-state index in [2.05, 4.69) is 18.6 Å². The number of carbonyl (C=O) groups excluding carboxylic acids is 1. The fraction of sp³-hybridized carbons (Fsp3) is 0.806. The van der Waals surface area contributed by atoms with Crippen molar-refractivity contribution in [1.29, 1.82) is 0 Å². The van der Waals surface area contributed by atoms with E-state index in [9.17, 15) is 26.7 Å². The quantitative estimate of drug-likeness (QED) is 0.0237. The van der Waals surface area contributed by atoms with Crippen molar-refractivity contribution >= 4 is 5.97 Å². The van der Waals surface area contributed by atoms with Gasteiger partial charge in [-0.2, -0.15) is 8.78 Å². The van der Waals surface area contributed by atoms with Gasteiger partial charge >= 0.3 is 5.97 Å². The van der Waals surface area contributed by atoms with E-state index in [4.69, 9.17) is 56.8 Å². The van der Waals surface area contributed by atoms with E-state index >= 15 is 0 Å². The van der Waals surface area contributed by atoms with Gasteiger partial charge in [-0.05, 0) is 5.92 Å². The van der Waals surface area contributed by atoms with E-state index < -0.39 is 47.2 Å². The molecular weight excluding hydrogens is 751 g/mol. The molecule has 1 aromatic carbocycles. The summed E-state index contributed by atoms with van der Waals surface area (Å²) in [4.78, 5) is 11.7. The summed E-state index contributed by atoms with van der Waals surface area (Å²) < 4.78 is 136. The lowest BCUT2D eigenvalue weighted by Crippen LogP contribution is -2.16. The van der Waals surface area contributed by atoms with E-state index in [0.717, 1.165) is 13.0 Å². The van der Waals surface area contributed by atoms with E-state index in [1.54, 1.807) is 0 Å². The van der Waals surface area contributed by atoms with Crippen LogP contribution in [0, 0.1) is 35.0 Å². The van der Waals surface area contributed by atoms with E-state index in [-0.39, 0.29) is 26.4 Å². The number of esters is 1. The lowest BCUT2D eigenvalue weighted by molar-refractivity contribution is -0.136. The van der Waals surface area contributed by atoms with Gasteiger partial charge in [-0.1, -0.05) is 20.3 Å². The average Bonchev–Trinajstić information content (AvgIpc) is 3.19. The average molecular weight is 811 g/mol. The van der Waals surface area contributed by atoms with E-state index in [1.807, 2.05) is 0 Å². The standard InChI is InChI=1S/C36H59F5O14/c1-3-29(2)28-54-27-26-53-25-24-52-23-22-51-21-20-50-19-18-49-17-16-48-15-14-47-13-12-46-11-10-45-9-8-44-7-6-43-5-4-30(42)55-36-34(40)32(38)31(37)33(39)35(36)41/h29H,3-28H2,1-2H3. The van der Waals surface area contributed by atoms with Crippen molar-refractivity contribution in [2.45, 2.75) is 26.7 Å². The van der Waals surface area contributed by atoms with Gasteiger partial charge in [-0.3, -0.25) is 4.79 Å². The molecule has 1 unspecified atom stereocenters. The Morgan fingerprint density at radius 2 is 0.636 bits per heavy atom. The van der Waals surface area contributed by atoms with Crippen molar-refractivity contribution in [3.63, 3.8) is 0 Å². The largest absolute Gasteiger partial charge is 0.420 e. The summed E-state index contributed by atoms with van der Waals surface area (Å²) in [6.07, 6.45) is 0.626. The normalized spacial score (nSPS) is 12.1. The topological polar surface area (TPSA) is 137 Å². The highest BCUT2D eigenvalue weighted by molar-refractivity contribution is 5.72. The summed E-state index contributed by atoms with van der Waals surface area (Å²) in [5.74, 6) is -13.6. The minimum absolute atomic E-state index is 0.0796. The Morgan fingerprint density at radius 3 is 0.909 bits per heavy atom. The third-order valence-corrected chi connectivity index (χ3v) is 7.03. The van der Waals surface area contributed by atoms with Gasteiger partial charge in [0, 0.05) is 6.61 Å². The maximum atomic E-state index is 13.6. The number of carbonyl (C=O) groups is 1. The second-order valence-corrected chi connectivity index (χ2v) is 11.4. The van der Waals surface area contributed by atoms with Crippen LogP contribution in [-0.2, 0) is 61.6 Å². The summed E-state index contributed by atoms with van der Waals surface area (Å²) >= 11 is 0. The van der Waals surface area contributed by atoms with Gasteiger partial charge in [-0.25, -0.2) is 13.2 Å². The van der Waals surface area contributed by atoms with Crippen LogP contribution in [0.5, 0.6) is 5.75 Å². The zero-order chi connectivity index (χ0) is 40.2. The maximum absolute atomic E-state index is 13.6. The lowest BCUT2D eigenvalue weighted by atomic mass is 10.1. The zero-order valence-corrected chi connectivity index (χ0v) is 32.1. The molecule has 0 aliphatic heterocycles. The predicted octanol–water partition coefficient (Wildman–Crippen LogP) is 3.92. The number of hydrogen-bond acceptors (Lipinski definition) is 14. The molecule has 0 aliphatic rings. The summed E-state index contributed by atoms with van der Waals surface area (Å²) in [5.41, 5.74) is 0. The smallest absolute Gasteiger partial charge is 0.313 e. The molecule has 322 valence electrons. The Morgan fingerprint density at radius 1 is 0.400 bits per heavy atom. The second kappa shape index (κ2) is 36.2. The number of benzene rings is 1. The predicted molar refractivity (Wildman–Crippen MR) is 186 cm³/mol. The van der Waals surface area contributed by atoms with E-state index in [1.165, 1.54) is 0 Å². The Labute approximate surface area is 320 Å². The number of hydrogen-bond donors (Lipinski definition) is 0. The lowest BCUT2D eigenvalue weighted by Gasteiger charge is -2.10. The van der Waals surface area contributed by atoms with Gasteiger partial charge in [0.1, 0.15) is 0 Å². The molecule has 14 nitrogen and oxygen atoms in total. The van der Waals surface area contributed by atoms with Crippen LogP contribution in [-0.4, -0.2) is 165 Å². The zero-order valence-electron chi connectivity index (χ0n) is 32.1. The monoisotopic (exact) mass is 810 g/mol. The third-order valence-electron chi connectivity index (χ3n) is 7.03. The summed E-state index contributed by atoms with van der Waals surface area (Å²) in [6, 6.07) is 0. The van der Waals surface area contributed by atoms with Crippen LogP contribution in [0.3, 0.4) is 0 Å². The molecule has 1 aromatic rings. The van der Waals surface area contributed by atoms with Gasteiger partial charge < -0.3 is 61.6 Å². The first-order valence-corrected chi connectivity index (χ1v) is 18.4. The summed E-state index contributed by atoms with van der Waals surface area (Å²) in [5, 5.41) is 0. The Hall–Kier alpha value is -2.14. The number of rotatable bonds is 40. The highest BCUT2D eigenvalue weighted by Gasteiger charge is 2.28. The molecule has 0 saturated heterocycles. The molecule has 1 rings (SSSR count). The third kappa shape index (κ3) is 28.0. The molecule has 0 fully saturated rings. The SMILES string of the molecule is CCC(C)COCCOCCOCCOCCOCCOCCOCCOCCOCCOCCOCCOCCC(=O)Oc1c(F)c(F)c(F)c(F)c1F. The van der Waals surface area contributed by atoms with Crippen molar-refractivity contribution in [3.8, 4) is 5.75 Å². The summed E-state index contributed by atoms with van der Waals surface area (Å²) in [6.45, 7) is 14.1. The van der Waals surface area contributed by atoms with Gasteiger partial charge in [0.25, 0.3) is 0 Å². The molecule has 0 spiro atoms. The molecule has 0 heterocycles. The van der Waals surface area contributed by atoms with Gasteiger partial charge in [0.15, 0.2) is 0 Å². The summed E-state index contributed by atoms with van der Waals surface area (Å²) in [7, 11) is 0. The fourth-order valence-electron chi connectivity index (χ4n) is 3.82. The molecule has 0 N–H and O–H groups in total. The molecule has 0 aromatic heterocycles.